The molecule has 0 aliphatic rings. The minimum absolute atomic E-state index is 0.214. The third-order valence-corrected chi connectivity index (χ3v) is 4.19. The van der Waals surface area contributed by atoms with E-state index in [-0.39, 0.29) is 5.91 Å². The second-order valence-corrected chi connectivity index (χ2v) is 6.02. The summed E-state index contributed by atoms with van der Waals surface area (Å²) in [5.74, 6) is 2.30. The highest BCUT2D eigenvalue weighted by Gasteiger charge is 2.11. The monoisotopic (exact) mass is 382 g/mol. The van der Waals surface area contributed by atoms with Crippen LogP contribution in [0.2, 0.25) is 0 Å². The molecule has 0 aliphatic carbocycles. The zero-order valence-corrected chi connectivity index (χ0v) is 16.0. The van der Waals surface area contributed by atoms with Gasteiger partial charge in [-0.3, -0.25) is 4.79 Å². The molecule has 0 radical (unpaired) electrons. The van der Waals surface area contributed by atoms with E-state index in [0.29, 0.717) is 35.8 Å². The van der Waals surface area contributed by atoms with Crippen LogP contribution in [0.25, 0.3) is 11.3 Å². The van der Waals surface area contributed by atoms with Crippen LogP contribution in [-0.2, 0) is 6.42 Å². The Kier molecular flexibility index (Phi) is 6.16. The van der Waals surface area contributed by atoms with Crippen LogP contribution in [-0.4, -0.2) is 38.9 Å². The largest absolute Gasteiger partial charge is 0.497 e. The van der Waals surface area contributed by atoms with Crippen LogP contribution in [0.4, 0.5) is 0 Å². The molecule has 0 saturated carbocycles. The van der Waals surface area contributed by atoms with Crippen molar-refractivity contribution in [3.8, 4) is 28.6 Å². The van der Waals surface area contributed by atoms with Crippen molar-refractivity contribution >= 4 is 5.91 Å². The van der Waals surface area contributed by atoms with Crippen molar-refractivity contribution in [2.75, 3.05) is 27.9 Å². The van der Waals surface area contributed by atoms with Crippen LogP contribution in [0.15, 0.2) is 53.1 Å². The van der Waals surface area contributed by atoms with Gasteiger partial charge < -0.3 is 24.1 Å². The molecule has 0 spiro atoms. The predicted molar refractivity (Wildman–Crippen MR) is 104 cm³/mol. The fraction of sp³-hybridized carbons (Fsp3) is 0.238. The lowest BCUT2D eigenvalue weighted by atomic mass is 10.1. The summed E-state index contributed by atoms with van der Waals surface area (Å²) in [5.41, 5.74) is 2.10. The molecule has 0 saturated heterocycles. The van der Waals surface area contributed by atoms with E-state index in [1.165, 1.54) is 0 Å². The molecule has 1 amide bonds. The Morgan fingerprint density at radius 3 is 2.36 bits per heavy atom. The van der Waals surface area contributed by atoms with E-state index < -0.39 is 0 Å². The zero-order valence-electron chi connectivity index (χ0n) is 16.0. The average molecular weight is 382 g/mol. The number of methoxy groups -OCH3 is 3. The number of hydrogen-bond acceptors (Lipinski definition) is 6. The number of carbonyl (C=O) groups is 1. The Balaban J connectivity index is 1.59. The lowest BCUT2D eigenvalue weighted by Crippen LogP contribution is -2.25. The summed E-state index contributed by atoms with van der Waals surface area (Å²) in [6.45, 7) is 0.419. The normalized spacial score (nSPS) is 10.4. The van der Waals surface area contributed by atoms with Crippen LogP contribution < -0.4 is 19.5 Å². The summed E-state index contributed by atoms with van der Waals surface area (Å²) < 4.78 is 21.0. The average Bonchev–Trinajstić information content (AvgIpc) is 3.22. The minimum atomic E-state index is -0.214. The van der Waals surface area contributed by atoms with E-state index in [2.05, 4.69) is 10.5 Å². The molecule has 0 bridgehead atoms. The minimum Gasteiger partial charge on any atom is -0.497 e. The van der Waals surface area contributed by atoms with Crippen molar-refractivity contribution in [2.45, 2.75) is 6.42 Å². The first-order valence-electron chi connectivity index (χ1n) is 8.74. The molecule has 2 aromatic carbocycles. The first kappa shape index (κ1) is 19.3. The Morgan fingerprint density at radius 2 is 1.68 bits per heavy atom. The van der Waals surface area contributed by atoms with Gasteiger partial charge in [0, 0.05) is 36.2 Å². The van der Waals surface area contributed by atoms with E-state index in [9.17, 15) is 4.79 Å². The van der Waals surface area contributed by atoms with Gasteiger partial charge in [0.1, 0.15) is 17.2 Å². The molecule has 0 atom stereocenters. The van der Waals surface area contributed by atoms with Gasteiger partial charge in [-0.2, -0.15) is 0 Å². The standard InChI is InChI=1S/C21H22N2O5/c1-25-17-6-4-5-14(9-17)20-12-16(23-28-20)7-8-22-21(24)15-10-18(26-2)13-19(11-15)27-3/h4-6,9-13H,7-8H2,1-3H3,(H,22,24). The number of aromatic nitrogens is 1. The zero-order chi connectivity index (χ0) is 19.9. The lowest BCUT2D eigenvalue weighted by molar-refractivity contribution is 0.0953. The highest BCUT2D eigenvalue weighted by atomic mass is 16.5. The lowest BCUT2D eigenvalue weighted by Gasteiger charge is -2.08. The summed E-state index contributed by atoms with van der Waals surface area (Å²) in [7, 11) is 4.70. The molecule has 3 aromatic rings. The fourth-order valence-electron chi connectivity index (χ4n) is 2.69. The van der Waals surface area contributed by atoms with Crippen molar-refractivity contribution in [2.24, 2.45) is 0 Å². The maximum Gasteiger partial charge on any atom is 0.251 e. The highest BCUT2D eigenvalue weighted by Crippen LogP contribution is 2.25. The van der Waals surface area contributed by atoms with Gasteiger partial charge in [-0.1, -0.05) is 17.3 Å². The number of ether oxygens (including phenoxy) is 3. The third-order valence-electron chi connectivity index (χ3n) is 4.19. The number of nitrogens with one attached hydrogen (secondary N) is 1. The van der Waals surface area contributed by atoms with Crippen LogP contribution in [0.5, 0.6) is 17.2 Å². The Hall–Kier alpha value is -3.48. The van der Waals surface area contributed by atoms with E-state index >= 15 is 0 Å². The molecule has 1 N–H and O–H groups in total. The summed E-state index contributed by atoms with van der Waals surface area (Å²) >= 11 is 0. The topological polar surface area (TPSA) is 82.8 Å². The first-order valence-corrected chi connectivity index (χ1v) is 8.74. The molecule has 1 heterocycles. The molecule has 3 rings (SSSR count). The first-order chi connectivity index (χ1) is 13.6. The van der Waals surface area contributed by atoms with Gasteiger partial charge in [-0.15, -0.1) is 0 Å². The van der Waals surface area contributed by atoms with Crippen LogP contribution in [0.3, 0.4) is 0 Å². The van der Waals surface area contributed by atoms with Crippen LogP contribution >= 0.6 is 0 Å². The molecule has 7 heteroatoms. The van der Waals surface area contributed by atoms with Crippen molar-refractivity contribution in [1.82, 2.24) is 10.5 Å². The van der Waals surface area contributed by atoms with Gasteiger partial charge >= 0.3 is 0 Å². The number of nitrogens with zero attached hydrogens (tertiary/aromatic N) is 1. The Morgan fingerprint density at radius 1 is 0.964 bits per heavy atom. The smallest absolute Gasteiger partial charge is 0.251 e. The molecular weight excluding hydrogens is 360 g/mol. The highest BCUT2D eigenvalue weighted by molar-refractivity contribution is 5.95. The second-order valence-electron chi connectivity index (χ2n) is 6.02. The van der Waals surface area contributed by atoms with Gasteiger partial charge in [0.05, 0.1) is 27.0 Å². The number of hydrogen-bond donors (Lipinski definition) is 1. The molecule has 1 aromatic heterocycles. The second kappa shape index (κ2) is 8.94. The fourth-order valence-corrected chi connectivity index (χ4v) is 2.69. The Labute approximate surface area is 163 Å². The van der Waals surface area contributed by atoms with E-state index in [1.54, 1.807) is 39.5 Å². The maximum absolute atomic E-state index is 12.4. The molecule has 0 aliphatic heterocycles. The van der Waals surface area contributed by atoms with E-state index in [1.807, 2.05) is 30.3 Å². The summed E-state index contributed by atoms with van der Waals surface area (Å²) in [4.78, 5) is 12.4. The van der Waals surface area contributed by atoms with Crippen LogP contribution in [0.1, 0.15) is 16.1 Å². The van der Waals surface area contributed by atoms with Gasteiger partial charge in [0.25, 0.3) is 5.91 Å². The molecular formula is C21H22N2O5. The number of amides is 1. The van der Waals surface area contributed by atoms with Crippen LogP contribution in [0, 0.1) is 0 Å². The van der Waals surface area contributed by atoms with Crippen molar-refractivity contribution in [3.63, 3.8) is 0 Å². The third kappa shape index (κ3) is 4.62. The molecule has 0 fully saturated rings. The predicted octanol–water partition coefficient (Wildman–Crippen LogP) is 3.34. The van der Waals surface area contributed by atoms with Crippen molar-refractivity contribution in [1.29, 1.82) is 0 Å². The molecule has 7 nitrogen and oxygen atoms in total. The summed E-state index contributed by atoms with van der Waals surface area (Å²) in [5, 5.41) is 6.93. The van der Waals surface area contributed by atoms with Crippen molar-refractivity contribution < 1.29 is 23.5 Å². The van der Waals surface area contributed by atoms with Gasteiger partial charge in [-0.05, 0) is 24.3 Å². The van der Waals surface area contributed by atoms with Gasteiger partial charge in [0.2, 0.25) is 0 Å². The van der Waals surface area contributed by atoms with Gasteiger partial charge in [-0.25, -0.2) is 0 Å². The SMILES string of the molecule is COc1cc(OC)cc(C(=O)NCCc2cc(-c3cccc(OC)c3)on2)c1. The quantitative estimate of drug-likeness (QED) is 0.643. The number of benzene rings is 2. The van der Waals surface area contributed by atoms with E-state index in [4.69, 9.17) is 18.7 Å². The number of rotatable bonds is 8. The Bertz CT molecular complexity index is 929. The summed E-state index contributed by atoms with van der Waals surface area (Å²) in [6.07, 6.45) is 0.542. The molecule has 146 valence electrons. The summed E-state index contributed by atoms with van der Waals surface area (Å²) in [6, 6.07) is 14.4. The van der Waals surface area contributed by atoms with E-state index in [0.717, 1.165) is 17.0 Å². The number of carbonyl (C=O) groups excluding carboxylic acids is 1. The van der Waals surface area contributed by atoms with Crippen molar-refractivity contribution in [3.05, 3.63) is 59.8 Å². The molecule has 0 unspecified atom stereocenters. The van der Waals surface area contributed by atoms with Gasteiger partial charge in [0.15, 0.2) is 5.76 Å². The molecule has 28 heavy (non-hydrogen) atoms. The maximum atomic E-state index is 12.4.